The van der Waals surface area contributed by atoms with Gasteiger partial charge in [0.25, 0.3) is 0 Å². The third-order valence-corrected chi connectivity index (χ3v) is 6.03. The van der Waals surface area contributed by atoms with Gasteiger partial charge in [-0.15, -0.1) is 0 Å². The van der Waals surface area contributed by atoms with Crippen molar-refractivity contribution in [1.29, 1.82) is 0 Å². The molecule has 0 bridgehead atoms. The van der Waals surface area contributed by atoms with Crippen LogP contribution in [-0.2, 0) is 4.18 Å². The summed E-state index contributed by atoms with van der Waals surface area (Å²) in [5.74, 6) is -0.560. The lowest BCUT2D eigenvalue weighted by atomic mass is 9.95. The minimum Gasteiger partial charge on any atom is -0.494 e. The predicted octanol–water partition coefficient (Wildman–Crippen LogP) is 5.91. The van der Waals surface area contributed by atoms with Crippen LogP contribution in [0.3, 0.4) is 0 Å². The van der Waals surface area contributed by atoms with Gasteiger partial charge >= 0.3 is 0 Å². The molecule has 1 aliphatic rings. The Kier molecular flexibility index (Phi) is 7.17. The number of rotatable bonds is 8. The van der Waals surface area contributed by atoms with Gasteiger partial charge in [0.1, 0.15) is 17.3 Å². The first kappa shape index (κ1) is 21.7. The molecular weight excluding hydrogens is 499 g/mol. The third kappa shape index (κ3) is 4.60. The molecule has 1 aromatic carbocycles. The minimum absolute atomic E-state index is 0.0361. The molecule has 2 unspecified atom stereocenters. The van der Waals surface area contributed by atoms with Crippen LogP contribution >= 0.6 is 30.4 Å². The summed E-state index contributed by atoms with van der Waals surface area (Å²) in [5, 5.41) is 10.3. The maximum absolute atomic E-state index is 14.6. The fraction of sp³-hybridized carbons (Fsp3) is 0.450. The first-order valence-electron chi connectivity index (χ1n) is 9.00. The highest BCUT2D eigenvalue weighted by atomic mass is 127. The van der Waals surface area contributed by atoms with Crippen LogP contribution in [-0.4, -0.2) is 23.8 Å². The monoisotopic (exact) mass is 521 g/mol. The Hall–Kier alpha value is -0.970. The number of methoxy groups -OCH3 is 1. The highest BCUT2D eigenvalue weighted by Crippen LogP contribution is 2.46. The number of halogens is 3. The van der Waals surface area contributed by atoms with E-state index in [4.69, 9.17) is 13.9 Å². The molecule has 2 aromatic rings. The quantitative estimate of drug-likeness (QED) is 0.346. The van der Waals surface area contributed by atoms with Gasteiger partial charge in [0.2, 0.25) is 0 Å². The molecule has 3 rings (SSSR count). The molecule has 1 N–H and O–H groups in total. The smallest absolute Gasteiger partial charge is 0.151 e. The Morgan fingerprint density at radius 3 is 2.57 bits per heavy atom. The van der Waals surface area contributed by atoms with Crippen molar-refractivity contribution < 1.29 is 22.8 Å². The number of ether oxygens (including phenoxy) is 1. The van der Waals surface area contributed by atoms with Gasteiger partial charge in [-0.05, 0) is 50.3 Å². The summed E-state index contributed by atoms with van der Waals surface area (Å²) >= 11 is 2.07. The molecular formula is C20H22F2INO3S. The first-order valence-corrected chi connectivity index (χ1v) is 12.3. The number of aryl methyl sites for hydroxylation is 1. The van der Waals surface area contributed by atoms with E-state index in [9.17, 15) is 13.9 Å². The standard InChI is InChI=1S/C20H22F2INO3S/c1-10-6-14(17(22)8-16(10)21)19-20(26-3)13(11(2)25)7-18(24-19)15(9-27-28-23)12-4-5-12/h6-8,11-12,15,25H,4-5,9H2,1-3H3. The zero-order valence-electron chi connectivity index (χ0n) is 15.8. The summed E-state index contributed by atoms with van der Waals surface area (Å²) in [7, 11) is 2.71. The lowest BCUT2D eigenvalue weighted by molar-refractivity contribution is 0.194. The summed E-state index contributed by atoms with van der Waals surface area (Å²) in [6.45, 7) is 3.67. The Morgan fingerprint density at radius 2 is 2.00 bits per heavy atom. The number of hydrogen-bond acceptors (Lipinski definition) is 5. The van der Waals surface area contributed by atoms with E-state index in [0.29, 0.717) is 29.4 Å². The fourth-order valence-electron chi connectivity index (χ4n) is 3.37. The molecule has 152 valence electrons. The van der Waals surface area contributed by atoms with Gasteiger partial charge in [-0.3, -0.25) is 0 Å². The molecule has 0 spiro atoms. The van der Waals surface area contributed by atoms with Gasteiger partial charge in [0.05, 0.1) is 29.0 Å². The second kappa shape index (κ2) is 9.23. The maximum atomic E-state index is 14.6. The number of aromatic nitrogens is 1. The molecule has 8 heteroatoms. The van der Waals surface area contributed by atoms with E-state index < -0.39 is 17.7 Å². The Bertz CT molecular complexity index is 862. The van der Waals surface area contributed by atoms with Crippen LogP contribution < -0.4 is 4.74 Å². The first-order chi connectivity index (χ1) is 13.4. The van der Waals surface area contributed by atoms with Gasteiger partial charge in [0, 0.05) is 50.0 Å². The predicted molar refractivity (Wildman–Crippen MR) is 115 cm³/mol. The second-order valence-corrected chi connectivity index (χ2v) is 8.51. The van der Waals surface area contributed by atoms with Gasteiger partial charge in [-0.2, -0.15) is 0 Å². The van der Waals surface area contributed by atoms with E-state index in [0.717, 1.165) is 24.6 Å². The highest BCUT2D eigenvalue weighted by molar-refractivity contribution is 14.2. The summed E-state index contributed by atoms with van der Waals surface area (Å²) < 4.78 is 39.5. The van der Waals surface area contributed by atoms with Crippen molar-refractivity contribution in [3.8, 4) is 17.0 Å². The topological polar surface area (TPSA) is 51.6 Å². The zero-order chi connectivity index (χ0) is 20.4. The molecule has 0 saturated heterocycles. The number of aliphatic hydroxyl groups excluding tert-OH is 1. The van der Waals surface area contributed by atoms with Crippen molar-refractivity contribution in [3.05, 3.63) is 46.7 Å². The van der Waals surface area contributed by atoms with Gasteiger partial charge in [-0.25, -0.2) is 13.8 Å². The van der Waals surface area contributed by atoms with Crippen LogP contribution in [0.25, 0.3) is 11.3 Å². The van der Waals surface area contributed by atoms with Gasteiger partial charge in [0.15, 0.2) is 5.75 Å². The van der Waals surface area contributed by atoms with Crippen molar-refractivity contribution in [3.63, 3.8) is 0 Å². The number of aliphatic hydroxyl groups is 1. The molecule has 1 fully saturated rings. The number of benzene rings is 1. The van der Waals surface area contributed by atoms with Crippen molar-refractivity contribution >= 4 is 30.4 Å². The van der Waals surface area contributed by atoms with Gasteiger partial charge < -0.3 is 14.0 Å². The van der Waals surface area contributed by atoms with E-state index in [-0.39, 0.29) is 17.2 Å². The number of pyridine rings is 1. The average molecular weight is 521 g/mol. The zero-order valence-corrected chi connectivity index (χ0v) is 18.8. The van der Waals surface area contributed by atoms with Crippen molar-refractivity contribution in [2.45, 2.75) is 38.7 Å². The van der Waals surface area contributed by atoms with E-state index in [2.05, 4.69) is 21.2 Å². The lowest BCUT2D eigenvalue weighted by Gasteiger charge is -2.21. The molecule has 28 heavy (non-hydrogen) atoms. The molecule has 4 nitrogen and oxygen atoms in total. The molecule has 1 heterocycles. The highest BCUT2D eigenvalue weighted by Gasteiger charge is 2.35. The molecule has 0 aliphatic heterocycles. The van der Waals surface area contributed by atoms with E-state index in [1.165, 1.54) is 22.4 Å². The molecule has 1 aliphatic carbocycles. The van der Waals surface area contributed by atoms with Crippen molar-refractivity contribution in [1.82, 2.24) is 4.98 Å². The second-order valence-electron chi connectivity index (χ2n) is 7.07. The maximum Gasteiger partial charge on any atom is 0.151 e. The fourth-order valence-corrected chi connectivity index (χ4v) is 4.01. The summed E-state index contributed by atoms with van der Waals surface area (Å²) in [6, 6.07) is 4.09. The van der Waals surface area contributed by atoms with Gasteiger partial charge in [-0.1, -0.05) is 0 Å². The summed E-state index contributed by atoms with van der Waals surface area (Å²) in [4.78, 5) is 4.71. The van der Waals surface area contributed by atoms with E-state index in [1.54, 1.807) is 13.8 Å². The minimum atomic E-state index is -0.834. The van der Waals surface area contributed by atoms with Crippen molar-refractivity contribution in [2.24, 2.45) is 5.92 Å². The Balaban J connectivity index is 2.20. The third-order valence-electron chi connectivity index (χ3n) is 5.04. The van der Waals surface area contributed by atoms with Crippen LogP contribution in [0.4, 0.5) is 8.78 Å². The van der Waals surface area contributed by atoms with Crippen LogP contribution in [0.2, 0.25) is 0 Å². The van der Waals surface area contributed by atoms with Crippen LogP contribution in [0.15, 0.2) is 18.2 Å². The van der Waals surface area contributed by atoms with Crippen LogP contribution in [0.1, 0.15) is 48.6 Å². The van der Waals surface area contributed by atoms with E-state index >= 15 is 0 Å². The molecule has 0 amide bonds. The molecule has 1 aromatic heterocycles. The van der Waals surface area contributed by atoms with Crippen molar-refractivity contribution in [2.75, 3.05) is 13.7 Å². The molecule has 1 saturated carbocycles. The average Bonchev–Trinajstić information content (AvgIpc) is 3.49. The SMILES string of the molecule is COc1c(C(C)O)cc(C(COSI)C2CC2)nc1-c1cc(C)c(F)cc1F. The lowest BCUT2D eigenvalue weighted by Crippen LogP contribution is -2.13. The summed E-state index contributed by atoms with van der Waals surface area (Å²) in [6.07, 6.45) is 1.33. The summed E-state index contributed by atoms with van der Waals surface area (Å²) in [5.41, 5.74) is 1.98. The van der Waals surface area contributed by atoms with E-state index in [1.807, 2.05) is 6.07 Å². The van der Waals surface area contributed by atoms with Crippen LogP contribution in [0.5, 0.6) is 5.75 Å². The Labute approximate surface area is 179 Å². The normalized spacial score (nSPS) is 16.1. The number of hydrogen-bond donors (Lipinski definition) is 1. The largest absolute Gasteiger partial charge is 0.494 e. The Morgan fingerprint density at radius 1 is 1.29 bits per heavy atom. The van der Waals surface area contributed by atoms with Crippen LogP contribution in [0, 0.1) is 24.5 Å². The molecule has 0 radical (unpaired) electrons. The molecule has 2 atom stereocenters. The number of nitrogens with zero attached hydrogens (tertiary/aromatic N) is 1.